The zero-order valence-corrected chi connectivity index (χ0v) is 15.8. The van der Waals surface area contributed by atoms with Crippen molar-refractivity contribution >= 4 is 5.91 Å². The second kappa shape index (κ2) is 8.43. The molecule has 26 heavy (non-hydrogen) atoms. The molecule has 1 aliphatic heterocycles. The molecule has 0 radical (unpaired) electrons. The maximum Gasteiger partial charge on any atom is 0.273 e. The molecule has 1 saturated heterocycles. The first-order chi connectivity index (χ1) is 12.6. The van der Waals surface area contributed by atoms with Crippen LogP contribution in [0.2, 0.25) is 0 Å². The first-order valence-corrected chi connectivity index (χ1v) is 9.09. The topological polar surface area (TPSA) is 45.7 Å². The van der Waals surface area contributed by atoms with Gasteiger partial charge in [0.25, 0.3) is 5.91 Å². The Morgan fingerprint density at radius 3 is 2.69 bits per heavy atom. The summed E-state index contributed by atoms with van der Waals surface area (Å²) < 4.78 is 5.41. The number of aromatic nitrogens is 1. The number of hydrogen-bond acceptors (Lipinski definition) is 4. The minimum absolute atomic E-state index is 0.00756. The van der Waals surface area contributed by atoms with Crippen LogP contribution in [-0.2, 0) is 11.3 Å². The lowest BCUT2D eigenvalue weighted by molar-refractivity contribution is 0.0348. The molecular formula is C21H27N3O2. The van der Waals surface area contributed by atoms with Crippen molar-refractivity contribution in [2.24, 2.45) is 0 Å². The fourth-order valence-corrected chi connectivity index (χ4v) is 3.46. The van der Waals surface area contributed by atoms with Crippen LogP contribution in [0.1, 0.15) is 28.9 Å². The average Bonchev–Trinajstić information content (AvgIpc) is 2.67. The molecular weight excluding hydrogens is 326 g/mol. The van der Waals surface area contributed by atoms with E-state index in [0.29, 0.717) is 18.8 Å². The molecule has 5 heteroatoms. The highest BCUT2D eigenvalue weighted by molar-refractivity contribution is 5.99. The SMILES string of the molecule is COC1CCN(C(=O)c2ncccc2-c2cccc(CN(C)C)c2)CC1. The highest BCUT2D eigenvalue weighted by atomic mass is 16.5. The molecule has 1 aromatic heterocycles. The Kier molecular flexibility index (Phi) is 6.01. The van der Waals surface area contributed by atoms with E-state index in [1.54, 1.807) is 13.3 Å². The van der Waals surface area contributed by atoms with Gasteiger partial charge in [-0.2, -0.15) is 0 Å². The third-order valence-electron chi connectivity index (χ3n) is 4.81. The molecule has 0 aliphatic carbocycles. The third kappa shape index (κ3) is 4.29. The Labute approximate surface area is 155 Å². The van der Waals surface area contributed by atoms with Gasteiger partial charge in [0.1, 0.15) is 5.69 Å². The number of likely N-dealkylation sites (tertiary alicyclic amines) is 1. The van der Waals surface area contributed by atoms with Crippen molar-refractivity contribution in [1.29, 1.82) is 0 Å². The van der Waals surface area contributed by atoms with Gasteiger partial charge in [0, 0.05) is 38.5 Å². The predicted octanol–water partition coefficient (Wildman–Crippen LogP) is 3.06. The Hall–Kier alpha value is -2.24. The summed E-state index contributed by atoms with van der Waals surface area (Å²) in [5, 5.41) is 0. The number of benzene rings is 1. The lowest BCUT2D eigenvalue weighted by atomic mass is 10.00. The van der Waals surface area contributed by atoms with Crippen molar-refractivity contribution in [1.82, 2.24) is 14.8 Å². The zero-order valence-electron chi connectivity index (χ0n) is 15.8. The molecule has 2 heterocycles. The first kappa shape index (κ1) is 18.5. The maximum absolute atomic E-state index is 13.1. The van der Waals surface area contributed by atoms with E-state index in [1.165, 1.54) is 5.56 Å². The molecule has 3 rings (SSSR count). The molecule has 0 unspecified atom stereocenters. The molecule has 1 aliphatic rings. The Bertz CT molecular complexity index is 752. The molecule has 0 atom stereocenters. The molecule has 5 nitrogen and oxygen atoms in total. The fourth-order valence-electron chi connectivity index (χ4n) is 3.46. The highest BCUT2D eigenvalue weighted by Gasteiger charge is 2.26. The summed E-state index contributed by atoms with van der Waals surface area (Å²) in [6.45, 7) is 2.30. The molecule has 0 saturated carbocycles. The monoisotopic (exact) mass is 353 g/mol. The summed E-state index contributed by atoms with van der Waals surface area (Å²) in [5.41, 5.74) is 3.68. The molecule has 1 amide bonds. The van der Waals surface area contributed by atoms with E-state index in [0.717, 1.165) is 30.5 Å². The van der Waals surface area contributed by atoms with Crippen LogP contribution in [-0.4, -0.2) is 61.1 Å². The van der Waals surface area contributed by atoms with Gasteiger partial charge in [-0.05, 0) is 50.2 Å². The van der Waals surface area contributed by atoms with Crippen molar-refractivity contribution < 1.29 is 9.53 Å². The number of piperidine rings is 1. The van der Waals surface area contributed by atoms with Crippen molar-refractivity contribution in [3.63, 3.8) is 0 Å². The van der Waals surface area contributed by atoms with Crippen LogP contribution in [0.3, 0.4) is 0 Å². The van der Waals surface area contributed by atoms with E-state index in [9.17, 15) is 4.79 Å². The van der Waals surface area contributed by atoms with Crippen molar-refractivity contribution in [2.45, 2.75) is 25.5 Å². The van der Waals surface area contributed by atoms with Gasteiger partial charge in [-0.25, -0.2) is 0 Å². The largest absolute Gasteiger partial charge is 0.381 e. The van der Waals surface area contributed by atoms with Crippen molar-refractivity contribution in [2.75, 3.05) is 34.3 Å². The van der Waals surface area contributed by atoms with E-state index in [4.69, 9.17) is 4.74 Å². The Morgan fingerprint density at radius 1 is 1.23 bits per heavy atom. The third-order valence-corrected chi connectivity index (χ3v) is 4.81. The number of methoxy groups -OCH3 is 1. The van der Waals surface area contributed by atoms with Crippen LogP contribution in [0.15, 0.2) is 42.6 Å². The second-order valence-electron chi connectivity index (χ2n) is 7.06. The van der Waals surface area contributed by atoms with Gasteiger partial charge in [0.15, 0.2) is 0 Å². The van der Waals surface area contributed by atoms with Crippen LogP contribution < -0.4 is 0 Å². The van der Waals surface area contributed by atoms with Crippen LogP contribution in [0.4, 0.5) is 0 Å². The van der Waals surface area contributed by atoms with E-state index in [-0.39, 0.29) is 12.0 Å². The van der Waals surface area contributed by atoms with E-state index in [1.807, 2.05) is 29.2 Å². The summed E-state index contributed by atoms with van der Waals surface area (Å²) in [7, 11) is 5.84. The Balaban J connectivity index is 1.86. The standard InChI is InChI=1S/C21H27N3O2/c1-23(2)15-16-6-4-7-17(14-16)19-8-5-11-22-20(19)21(25)24-12-9-18(26-3)10-13-24/h4-8,11,14,18H,9-10,12-13,15H2,1-3H3. The van der Waals surface area contributed by atoms with Crippen LogP contribution >= 0.6 is 0 Å². The van der Waals surface area contributed by atoms with Gasteiger partial charge >= 0.3 is 0 Å². The Morgan fingerprint density at radius 2 is 2.00 bits per heavy atom. The molecule has 0 N–H and O–H groups in total. The number of rotatable bonds is 5. The first-order valence-electron chi connectivity index (χ1n) is 9.09. The van der Waals surface area contributed by atoms with E-state index in [2.05, 4.69) is 36.1 Å². The summed E-state index contributed by atoms with van der Waals surface area (Å²) in [4.78, 5) is 21.5. The second-order valence-corrected chi connectivity index (χ2v) is 7.06. The van der Waals surface area contributed by atoms with Gasteiger partial charge in [-0.3, -0.25) is 9.78 Å². The number of amides is 1. The summed E-state index contributed by atoms with van der Waals surface area (Å²) in [6, 6.07) is 12.2. The lowest BCUT2D eigenvalue weighted by Gasteiger charge is -2.31. The predicted molar refractivity (Wildman–Crippen MR) is 103 cm³/mol. The normalized spacial score (nSPS) is 15.5. The summed E-state index contributed by atoms with van der Waals surface area (Å²) >= 11 is 0. The molecule has 1 aromatic carbocycles. The van der Waals surface area contributed by atoms with Gasteiger partial charge in [0.2, 0.25) is 0 Å². The number of carbonyl (C=O) groups excluding carboxylic acids is 1. The van der Waals surface area contributed by atoms with Gasteiger partial charge < -0.3 is 14.5 Å². The molecule has 0 bridgehead atoms. The maximum atomic E-state index is 13.1. The van der Waals surface area contributed by atoms with Crippen molar-refractivity contribution in [3.8, 4) is 11.1 Å². The van der Waals surface area contributed by atoms with Gasteiger partial charge in [-0.1, -0.05) is 24.3 Å². The van der Waals surface area contributed by atoms with Crippen molar-refractivity contribution in [3.05, 3.63) is 53.9 Å². The van der Waals surface area contributed by atoms with Gasteiger partial charge in [0.05, 0.1) is 6.10 Å². The minimum atomic E-state index is 0.00756. The lowest BCUT2D eigenvalue weighted by Crippen LogP contribution is -2.41. The number of nitrogens with zero attached hydrogens (tertiary/aromatic N) is 3. The van der Waals surface area contributed by atoms with Crippen LogP contribution in [0.25, 0.3) is 11.1 Å². The van der Waals surface area contributed by atoms with Gasteiger partial charge in [-0.15, -0.1) is 0 Å². The number of ether oxygens (including phenoxy) is 1. The average molecular weight is 353 g/mol. The van der Waals surface area contributed by atoms with Crippen LogP contribution in [0.5, 0.6) is 0 Å². The summed E-state index contributed by atoms with van der Waals surface area (Å²) in [6.07, 6.45) is 3.71. The summed E-state index contributed by atoms with van der Waals surface area (Å²) in [5.74, 6) is 0.00756. The van der Waals surface area contributed by atoms with E-state index < -0.39 is 0 Å². The molecule has 2 aromatic rings. The van der Waals surface area contributed by atoms with Crippen LogP contribution in [0, 0.1) is 0 Å². The minimum Gasteiger partial charge on any atom is -0.381 e. The quantitative estimate of drug-likeness (QED) is 0.829. The highest BCUT2D eigenvalue weighted by Crippen LogP contribution is 2.25. The zero-order chi connectivity index (χ0) is 18.5. The molecule has 0 spiro atoms. The number of hydrogen-bond donors (Lipinski definition) is 0. The fraction of sp³-hybridized carbons (Fsp3) is 0.429. The number of carbonyl (C=O) groups is 1. The molecule has 1 fully saturated rings. The number of pyridine rings is 1. The van der Waals surface area contributed by atoms with E-state index >= 15 is 0 Å². The molecule has 138 valence electrons. The smallest absolute Gasteiger partial charge is 0.273 e.